The van der Waals surface area contributed by atoms with Gasteiger partial charge in [0, 0.05) is 5.56 Å². The van der Waals surface area contributed by atoms with Gasteiger partial charge >= 0.3 is 0 Å². The highest BCUT2D eigenvalue weighted by Gasteiger charge is 2.26. The molecule has 0 aromatic heterocycles. The molecule has 2 aromatic rings. The molecular formula is C19H20O. The van der Waals surface area contributed by atoms with Crippen molar-refractivity contribution in [3.63, 3.8) is 0 Å². The number of fused-ring (bicyclic) bond motifs is 1. The topological polar surface area (TPSA) is 9.23 Å². The van der Waals surface area contributed by atoms with Crippen LogP contribution in [-0.2, 0) is 6.42 Å². The average Bonchev–Trinajstić information content (AvgIpc) is 2.45. The fourth-order valence-corrected chi connectivity index (χ4v) is 2.68. The molecule has 102 valence electrons. The van der Waals surface area contributed by atoms with Crippen molar-refractivity contribution in [2.45, 2.75) is 32.8 Å². The number of hydrogen-bond donors (Lipinski definition) is 0. The van der Waals surface area contributed by atoms with Gasteiger partial charge in [-0.05, 0) is 49.1 Å². The lowest BCUT2D eigenvalue weighted by molar-refractivity contribution is 0.158. The highest BCUT2D eigenvalue weighted by molar-refractivity contribution is 5.84. The summed E-state index contributed by atoms with van der Waals surface area (Å²) >= 11 is 0. The molecule has 0 amide bonds. The molecule has 0 spiro atoms. The van der Waals surface area contributed by atoms with E-state index in [0.717, 1.165) is 12.2 Å². The summed E-state index contributed by atoms with van der Waals surface area (Å²) in [6.07, 6.45) is 3.29. The lowest BCUT2D eigenvalue weighted by atomic mass is 9.89. The van der Waals surface area contributed by atoms with Crippen LogP contribution in [0.15, 0.2) is 54.6 Å². The molecule has 0 saturated heterocycles. The number of rotatable bonds is 2. The molecule has 0 saturated carbocycles. The van der Waals surface area contributed by atoms with E-state index in [2.05, 4.69) is 63.2 Å². The van der Waals surface area contributed by atoms with Gasteiger partial charge in [0.25, 0.3) is 0 Å². The maximum Gasteiger partial charge on any atom is 0.128 e. The molecule has 1 aliphatic heterocycles. The Morgan fingerprint density at radius 3 is 2.35 bits per heavy atom. The summed E-state index contributed by atoms with van der Waals surface area (Å²) < 4.78 is 6.04. The zero-order valence-electron chi connectivity index (χ0n) is 12.3. The van der Waals surface area contributed by atoms with Crippen LogP contribution in [0.2, 0.25) is 0 Å². The van der Waals surface area contributed by atoms with Crippen LogP contribution in [-0.4, -0.2) is 5.60 Å². The summed E-state index contributed by atoms with van der Waals surface area (Å²) in [6, 6.07) is 17.1. The van der Waals surface area contributed by atoms with Crippen LogP contribution in [0, 0.1) is 0 Å². The number of benzene rings is 2. The molecule has 1 heterocycles. The molecule has 3 rings (SSSR count). The van der Waals surface area contributed by atoms with Crippen LogP contribution in [0.5, 0.6) is 5.75 Å². The molecule has 2 aromatic carbocycles. The lowest BCUT2D eigenvalue weighted by Gasteiger charge is -2.31. The number of hydrogen-bond acceptors (Lipinski definition) is 1. The second-order valence-corrected chi connectivity index (χ2v) is 5.81. The van der Waals surface area contributed by atoms with Gasteiger partial charge in [-0.25, -0.2) is 0 Å². The van der Waals surface area contributed by atoms with Crippen LogP contribution in [0.4, 0.5) is 0 Å². The summed E-state index contributed by atoms with van der Waals surface area (Å²) in [5.74, 6) is 0.967. The standard InChI is InChI=1S/C19H20O/c1-4-14-9-11-15(12-10-14)17-13-19(2,3)20-18-8-6-5-7-16(17)18/h5-13H,4H2,1-3H3. The van der Waals surface area contributed by atoms with E-state index in [4.69, 9.17) is 4.74 Å². The maximum absolute atomic E-state index is 6.04. The Morgan fingerprint density at radius 1 is 0.950 bits per heavy atom. The quantitative estimate of drug-likeness (QED) is 0.753. The SMILES string of the molecule is CCc1ccc(C2=CC(C)(C)Oc3ccccc32)cc1. The molecule has 0 bridgehead atoms. The molecule has 0 radical (unpaired) electrons. The Balaban J connectivity index is 2.11. The maximum atomic E-state index is 6.04. The van der Waals surface area contributed by atoms with Gasteiger partial charge in [-0.3, -0.25) is 0 Å². The van der Waals surface area contributed by atoms with Gasteiger partial charge in [0.05, 0.1) is 0 Å². The summed E-state index contributed by atoms with van der Waals surface area (Å²) in [7, 11) is 0. The van der Waals surface area contributed by atoms with E-state index in [1.807, 2.05) is 12.1 Å². The first-order valence-corrected chi connectivity index (χ1v) is 7.19. The molecule has 1 nitrogen and oxygen atoms in total. The molecule has 1 heteroatoms. The van der Waals surface area contributed by atoms with E-state index in [-0.39, 0.29) is 5.60 Å². The van der Waals surface area contributed by atoms with E-state index in [1.165, 1.54) is 22.3 Å². The minimum absolute atomic E-state index is 0.271. The first-order valence-electron chi connectivity index (χ1n) is 7.19. The predicted molar refractivity (Wildman–Crippen MR) is 84.0 cm³/mol. The lowest BCUT2D eigenvalue weighted by Crippen LogP contribution is -2.29. The van der Waals surface area contributed by atoms with Crippen molar-refractivity contribution in [2.75, 3.05) is 0 Å². The molecule has 0 fully saturated rings. The van der Waals surface area contributed by atoms with Crippen molar-refractivity contribution in [1.82, 2.24) is 0 Å². The minimum Gasteiger partial charge on any atom is -0.483 e. The van der Waals surface area contributed by atoms with E-state index < -0.39 is 0 Å². The normalized spacial score (nSPS) is 16.1. The molecule has 0 aliphatic carbocycles. The minimum atomic E-state index is -0.271. The van der Waals surface area contributed by atoms with Gasteiger partial charge in [-0.2, -0.15) is 0 Å². The van der Waals surface area contributed by atoms with Crippen LogP contribution < -0.4 is 4.74 Å². The number of aryl methyl sites for hydroxylation is 1. The van der Waals surface area contributed by atoms with Crippen LogP contribution in [0.3, 0.4) is 0 Å². The first-order chi connectivity index (χ1) is 9.59. The van der Waals surface area contributed by atoms with Crippen molar-refractivity contribution >= 4 is 5.57 Å². The molecule has 0 unspecified atom stereocenters. The van der Waals surface area contributed by atoms with Crippen LogP contribution in [0.1, 0.15) is 37.5 Å². The fraction of sp³-hybridized carbons (Fsp3) is 0.263. The van der Waals surface area contributed by atoms with Gasteiger partial charge in [0.2, 0.25) is 0 Å². The molecule has 0 atom stereocenters. The fourth-order valence-electron chi connectivity index (χ4n) is 2.68. The van der Waals surface area contributed by atoms with E-state index >= 15 is 0 Å². The Kier molecular flexibility index (Phi) is 3.13. The summed E-state index contributed by atoms with van der Waals surface area (Å²) in [4.78, 5) is 0. The van der Waals surface area contributed by atoms with Gasteiger partial charge in [-0.15, -0.1) is 0 Å². The first kappa shape index (κ1) is 13.0. The Hall–Kier alpha value is -2.02. The third kappa shape index (κ3) is 2.36. The van der Waals surface area contributed by atoms with Gasteiger partial charge < -0.3 is 4.74 Å². The average molecular weight is 264 g/mol. The Labute approximate surface area is 120 Å². The van der Waals surface area contributed by atoms with Crippen molar-refractivity contribution in [3.8, 4) is 5.75 Å². The highest BCUT2D eigenvalue weighted by atomic mass is 16.5. The van der Waals surface area contributed by atoms with Crippen molar-refractivity contribution in [3.05, 3.63) is 71.3 Å². The van der Waals surface area contributed by atoms with Gasteiger partial charge in [0.1, 0.15) is 11.4 Å². The summed E-state index contributed by atoms with van der Waals surface area (Å²) in [5.41, 5.74) is 4.79. The van der Waals surface area contributed by atoms with Crippen molar-refractivity contribution < 1.29 is 4.74 Å². The zero-order chi connectivity index (χ0) is 14.2. The van der Waals surface area contributed by atoms with Crippen molar-refractivity contribution in [2.24, 2.45) is 0 Å². The summed E-state index contributed by atoms with van der Waals surface area (Å²) in [5, 5.41) is 0. The van der Waals surface area contributed by atoms with Gasteiger partial charge in [-0.1, -0.05) is 49.4 Å². The molecule has 0 N–H and O–H groups in total. The Morgan fingerprint density at radius 2 is 1.65 bits per heavy atom. The Bertz CT molecular complexity index is 648. The molecule has 1 aliphatic rings. The summed E-state index contributed by atoms with van der Waals surface area (Å²) in [6.45, 7) is 6.38. The largest absolute Gasteiger partial charge is 0.483 e. The second-order valence-electron chi connectivity index (χ2n) is 5.81. The van der Waals surface area contributed by atoms with E-state index in [0.29, 0.717) is 0 Å². The van der Waals surface area contributed by atoms with Gasteiger partial charge in [0.15, 0.2) is 0 Å². The van der Waals surface area contributed by atoms with Crippen molar-refractivity contribution in [1.29, 1.82) is 0 Å². The zero-order valence-corrected chi connectivity index (χ0v) is 12.3. The third-order valence-corrected chi connectivity index (χ3v) is 3.72. The third-order valence-electron chi connectivity index (χ3n) is 3.72. The predicted octanol–water partition coefficient (Wildman–Crippen LogP) is 4.85. The monoisotopic (exact) mass is 264 g/mol. The second kappa shape index (κ2) is 4.82. The van der Waals surface area contributed by atoms with E-state index in [9.17, 15) is 0 Å². The number of para-hydroxylation sites is 1. The van der Waals surface area contributed by atoms with Crippen LogP contribution in [0.25, 0.3) is 5.57 Å². The molecule has 20 heavy (non-hydrogen) atoms. The highest BCUT2D eigenvalue weighted by Crippen LogP contribution is 2.39. The molecular weight excluding hydrogens is 244 g/mol. The van der Waals surface area contributed by atoms with Crippen LogP contribution >= 0.6 is 0 Å². The smallest absolute Gasteiger partial charge is 0.128 e. The van der Waals surface area contributed by atoms with E-state index in [1.54, 1.807) is 0 Å². The number of ether oxygens (including phenoxy) is 1.